The van der Waals surface area contributed by atoms with Crippen LogP contribution in [0.15, 0.2) is 30.3 Å². The summed E-state index contributed by atoms with van der Waals surface area (Å²) in [5, 5.41) is 7.25. The van der Waals surface area contributed by atoms with Gasteiger partial charge in [0.15, 0.2) is 0 Å². The zero-order chi connectivity index (χ0) is 24.3. The first-order chi connectivity index (χ1) is 15.5. The second-order valence-electron chi connectivity index (χ2n) is 7.96. The Morgan fingerprint density at radius 1 is 1.12 bits per heavy atom. The van der Waals surface area contributed by atoms with Crippen molar-refractivity contribution >= 4 is 5.91 Å². The van der Waals surface area contributed by atoms with Gasteiger partial charge in [0.05, 0.1) is 23.7 Å². The van der Waals surface area contributed by atoms with E-state index in [9.17, 15) is 18.0 Å². The van der Waals surface area contributed by atoms with Gasteiger partial charge < -0.3 is 10.1 Å². The van der Waals surface area contributed by atoms with Gasteiger partial charge in [0, 0.05) is 22.6 Å². The summed E-state index contributed by atoms with van der Waals surface area (Å²) in [6, 6.07) is 6.34. The van der Waals surface area contributed by atoms with Crippen LogP contribution in [0.2, 0.25) is 0 Å². The fraction of sp³-hybridized carbons (Fsp3) is 0.391. The number of aryl methyl sites for hydroxylation is 3. The minimum Gasteiger partial charge on any atom is -0.491 e. The highest BCUT2D eigenvalue weighted by atomic mass is 19.4. The highest BCUT2D eigenvalue weighted by molar-refractivity contribution is 5.79. The highest BCUT2D eigenvalue weighted by Gasteiger charge is 2.34. The SMILES string of the molecule is Cc1cc(C)nc(-n2nc(C)c(CC(=O)NC(C)COc3ccccc3C(F)(F)F)c2C)n1. The Morgan fingerprint density at radius 3 is 2.39 bits per heavy atom. The van der Waals surface area contributed by atoms with Gasteiger partial charge in [-0.1, -0.05) is 12.1 Å². The lowest BCUT2D eigenvalue weighted by atomic mass is 10.1. The molecule has 0 aliphatic rings. The van der Waals surface area contributed by atoms with Crippen molar-refractivity contribution in [3.05, 3.63) is 64.2 Å². The van der Waals surface area contributed by atoms with Gasteiger partial charge in [-0.25, -0.2) is 14.6 Å². The van der Waals surface area contributed by atoms with Crippen LogP contribution in [0.5, 0.6) is 5.75 Å². The predicted molar refractivity (Wildman–Crippen MR) is 116 cm³/mol. The Labute approximate surface area is 190 Å². The van der Waals surface area contributed by atoms with E-state index >= 15 is 0 Å². The summed E-state index contributed by atoms with van der Waals surface area (Å²) in [5.41, 5.74) is 2.93. The van der Waals surface area contributed by atoms with Crippen molar-refractivity contribution < 1.29 is 22.7 Å². The second kappa shape index (κ2) is 9.60. The zero-order valence-corrected chi connectivity index (χ0v) is 19.1. The van der Waals surface area contributed by atoms with Gasteiger partial charge in [0.1, 0.15) is 12.4 Å². The molecule has 0 saturated carbocycles. The summed E-state index contributed by atoms with van der Waals surface area (Å²) in [4.78, 5) is 21.4. The van der Waals surface area contributed by atoms with Gasteiger partial charge in [-0.3, -0.25) is 4.79 Å². The van der Waals surface area contributed by atoms with E-state index in [0.29, 0.717) is 11.6 Å². The normalized spacial score (nSPS) is 12.5. The first-order valence-electron chi connectivity index (χ1n) is 10.4. The fourth-order valence-corrected chi connectivity index (χ4v) is 3.50. The number of alkyl halides is 3. The van der Waals surface area contributed by atoms with Crippen LogP contribution < -0.4 is 10.1 Å². The summed E-state index contributed by atoms with van der Waals surface area (Å²) in [7, 11) is 0. The zero-order valence-electron chi connectivity index (χ0n) is 19.1. The van der Waals surface area contributed by atoms with Crippen molar-refractivity contribution in [3.8, 4) is 11.7 Å². The van der Waals surface area contributed by atoms with Crippen LogP contribution in [-0.2, 0) is 17.4 Å². The highest BCUT2D eigenvalue weighted by Crippen LogP contribution is 2.35. The van der Waals surface area contributed by atoms with Crippen molar-refractivity contribution in [2.24, 2.45) is 0 Å². The number of hydrogen-bond donors (Lipinski definition) is 1. The Kier molecular flexibility index (Phi) is 7.04. The molecule has 0 fully saturated rings. The molecule has 3 rings (SSSR count). The molecule has 0 aliphatic carbocycles. The number of rotatable bonds is 7. The summed E-state index contributed by atoms with van der Waals surface area (Å²) in [6.07, 6.45) is -4.45. The first-order valence-corrected chi connectivity index (χ1v) is 10.4. The monoisotopic (exact) mass is 461 g/mol. The lowest BCUT2D eigenvalue weighted by molar-refractivity contribution is -0.139. The molecule has 1 aromatic carbocycles. The third-order valence-electron chi connectivity index (χ3n) is 5.03. The van der Waals surface area contributed by atoms with Crippen LogP contribution >= 0.6 is 0 Å². The van der Waals surface area contributed by atoms with Crippen molar-refractivity contribution in [2.75, 3.05) is 6.61 Å². The maximum atomic E-state index is 13.1. The number of aromatic nitrogens is 4. The Morgan fingerprint density at radius 2 is 1.76 bits per heavy atom. The minimum absolute atomic E-state index is 0.0615. The molecule has 0 spiro atoms. The number of benzene rings is 1. The second-order valence-corrected chi connectivity index (χ2v) is 7.96. The number of hydrogen-bond acceptors (Lipinski definition) is 5. The topological polar surface area (TPSA) is 81.9 Å². The van der Waals surface area contributed by atoms with E-state index in [2.05, 4.69) is 20.4 Å². The standard InChI is InChI=1S/C23H26F3N5O2/c1-13-10-14(2)29-22(28-13)31-17(5)18(16(4)30-31)11-21(32)27-15(3)12-33-20-9-7-6-8-19(20)23(24,25)26/h6-10,15H,11-12H2,1-5H3,(H,27,32). The Balaban J connectivity index is 1.65. The van der Waals surface area contributed by atoms with Crippen molar-refractivity contribution in [2.45, 2.75) is 53.3 Å². The number of amides is 1. The van der Waals surface area contributed by atoms with Gasteiger partial charge >= 0.3 is 6.18 Å². The number of halogens is 3. The molecule has 2 heterocycles. The molecule has 0 bridgehead atoms. The van der Waals surface area contributed by atoms with Crippen LogP contribution in [-0.4, -0.2) is 38.3 Å². The van der Waals surface area contributed by atoms with E-state index in [1.54, 1.807) is 18.5 Å². The van der Waals surface area contributed by atoms with E-state index < -0.39 is 17.8 Å². The van der Waals surface area contributed by atoms with Gasteiger partial charge in [-0.05, 0) is 52.8 Å². The van der Waals surface area contributed by atoms with Gasteiger partial charge in [-0.15, -0.1) is 0 Å². The van der Waals surface area contributed by atoms with Crippen LogP contribution in [0.3, 0.4) is 0 Å². The van der Waals surface area contributed by atoms with E-state index in [1.807, 2.05) is 26.8 Å². The number of para-hydroxylation sites is 1. The molecule has 2 aromatic heterocycles. The third-order valence-corrected chi connectivity index (χ3v) is 5.03. The molecular formula is C23H26F3N5O2. The number of carbonyl (C=O) groups is 1. The molecule has 1 N–H and O–H groups in total. The van der Waals surface area contributed by atoms with Crippen LogP contribution in [0, 0.1) is 27.7 Å². The Hall–Kier alpha value is -3.43. The number of carbonyl (C=O) groups excluding carboxylic acids is 1. The summed E-state index contributed by atoms with van der Waals surface area (Å²) in [5.74, 6) is -0.125. The summed E-state index contributed by atoms with van der Waals surface area (Å²) < 4.78 is 46.3. The number of nitrogens with zero attached hydrogens (tertiary/aromatic N) is 4. The van der Waals surface area contributed by atoms with E-state index in [4.69, 9.17) is 4.74 Å². The average molecular weight is 461 g/mol. The van der Waals surface area contributed by atoms with Gasteiger partial charge in [0.2, 0.25) is 5.91 Å². The molecule has 0 saturated heterocycles. The minimum atomic E-state index is -4.52. The van der Waals surface area contributed by atoms with E-state index in [1.165, 1.54) is 18.2 Å². The van der Waals surface area contributed by atoms with Crippen LogP contribution in [0.1, 0.15) is 40.8 Å². The molecule has 0 radical (unpaired) electrons. The molecular weight excluding hydrogens is 435 g/mol. The largest absolute Gasteiger partial charge is 0.491 e. The molecule has 3 aromatic rings. The molecule has 1 atom stereocenters. The van der Waals surface area contributed by atoms with E-state index in [-0.39, 0.29) is 24.7 Å². The average Bonchev–Trinajstić information content (AvgIpc) is 2.99. The maximum Gasteiger partial charge on any atom is 0.419 e. The number of ether oxygens (including phenoxy) is 1. The lowest BCUT2D eigenvalue weighted by Crippen LogP contribution is -2.38. The molecule has 1 amide bonds. The molecule has 1 unspecified atom stereocenters. The first kappa shape index (κ1) is 24.2. The molecule has 176 valence electrons. The lowest BCUT2D eigenvalue weighted by Gasteiger charge is -2.18. The third kappa shape index (κ3) is 5.88. The fourth-order valence-electron chi connectivity index (χ4n) is 3.50. The van der Waals surface area contributed by atoms with Crippen LogP contribution in [0.4, 0.5) is 13.2 Å². The van der Waals surface area contributed by atoms with Gasteiger partial charge in [0.25, 0.3) is 5.95 Å². The van der Waals surface area contributed by atoms with Crippen molar-refractivity contribution in [1.29, 1.82) is 0 Å². The number of nitrogens with one attached hydrogen (secondary N) is 1. The van der Waals surface area contributed by atoms with Crippen molar-refractivity contribution in [3.63, 3.8) is 0 Å². The molecule has 10 heteroatoms. The Bertz CT molecular complexity index is 1140. The molecule has 7 nitrogen and oxygen atoms in total. The predicted octanol–water partition coefficient (Wildman–Crippen LogP) is 4.04. The van der Waals surface area contributed by atoms with Gasteiger partial charge in [-0.2, -0.15) is 18.3 Å². The maximum absolute atomic E-state index is 13.1. The summed E-state index contributed by atoms with van der Waals surface area (Å²) >= 11 is 0. The van der Waals surface area contributed by atoms with Crippen LogP contribution in [0.25, 0.3) is 5.95 Å². The smallest absolute Gasteiger partial charge is 0.419 e. The quantitative estimate of drug-likeness (QED) is 0.574. The van der Waals surface area contributed by atoms with E-state index in [0.717, 1.165) is 28.7 Å². The molecule has 0 aliphatic heterocycles. The summed E-state index contributed by atoms with van der Waals surface area (Å²) in [6.45, 7) is 8.94. The molecule has 33 heavy (non-hydrogen) atoms. The van der Waals surface area contributed by atoms with Crippen molar-refractivity contribution in [1.82, 2.24) is 25.1 Å².